The first-order chi connectivity index (χ1) is 8.30. The highest BCUT2D eigenvalue weighted by Gasteiger charge is 2.24. The lowest BCUT2D eigenvalue weighted by molar-refractivity contribution is -0.134. The predicted octanol–water partition coefficient (Wildman–Crippen LogP) is 2.08. The van der Waals surface area contributed by atoms with Crippen LogP contribution >= 0.6 is 0 Å². The lowest BCUT2D eigenvalue weighted by Crippen LogP contribution is -2.46. The Bertz CT molecular complexity index is 301. The van der Waals surface area contributed by atoms with E-state index in [-0.39, 0.29) is 17.4 Å². The fourth-order valence-electron chi connectivity index (χ4n) is 2.55. The van der Waals surface area contributed by atoms with E-state index >= 15 is 0 Å². The summed E-state index contributed by atoms with van der Waals surface area (Å²) in [5.41, 5.74) is -0.223. The van der Waals surface area contributed by atoms with E-state index in [1.165, 1.54) is 12.8 Å². The molecule has 1 saturated carbocycles. The van der Waals surface area contributed by atoms with E-state index < -0.39 is 0 Å². The summed E-state index contributed by atoms with van der Waals surface area (Å²) in [4.78, 5) is 25.1. The summed E-state index contributed by atoms with van der Waals surface area (Å²) in [6.45, 7) is 8.02. The molecule has 1 aliphatic rings. The third-order valence-electron chi connectivity index (χ3n) is 3.47. The summed E-state index contributed by atoms with van der Waals surface area (Å²) >= 11 is 0. The van der Waals surface area contributed by atoms with Gasteiger partial charge >= 0.3 is 0 Å². The van der Waals surface area contributed by atoms with Crippen molar-refractivity contribution in [1.82, 2.24) is 10.2 Å². The van der Waals surface area contributed by atoms with Crippen molar-refractivity contribution < 1.29 is 9.59 Å². The van der Waals surface area contributed by atoms with E-state index in [0.29, 0.717) is 19.0 Å². The molecule has 18 heavy (non-hydrogen) atoms. The summed E-state index contributed by atoms with van der Waals surface area (Å²) < 4.78 is 0. The number of amides is 2. The molecule has 0 aromatic heterocycles. The summed E-state index contributed by atoms with van der Waals surface area (Å²) in [5, 5.41) is 3.05. The summed E-state index contributed by atoms with van der Waals surface area (Å²) in [7, 11) is 0. The lowest BCUT2D eigenvalue weighted by atomic mass is 10.1. The van der Waals surface area contributed by atoms with Gasteiger partial charge in [-0.25, -0.2) is 0 Å². The molecule has 0 aliphatic heterocycles. The smallest absolute Gasteiger partial charge is 0.221 e. The highest BCUT2D eigenvalue weighted by molar-refractivity contribution is 5.78. The Morgan fingerprint density at radius 2 is 1.78 bits per heavy atom. The molecule has 1 rings (SSSR count). The van der Waals surface area contributed by atoms with Crippen LogP contribution < -0.4 is 5.32 Å². The van der Waals surface area contributed by atoms with Crippen LogP contribution in [0.15, 0.2) is 0 Å². The van der Waals surface area contributed by atoms with Gasteiger partial charge in [-0.2, -0.15) is 0 Å². The highest BCUT2D eigenvalue weighted by atomic mass is 16.2. The van der Waals surface area contributed by atoms with E-state index in [1.54, 1.807) is 11.8 Å². The van der Waals surface area contributed by atoms with Gasteiger partial charge in [0.25, 0.3) is 0 Å². The van der Waals surface area contributed by atoms with Crippen molar-refractivity contribution in [3.63, 3.8) is 0 Å². The van der Waals surface area contributed by atoms with E-state index in [2.05, 4.69) is 5.32 Å². The third-order valence-corrected chi connectivity index (χ3v) is 3.47. The highest BCUT2D eigenvalue weighted by Crippen LogP contribution is 2.18. The molecule has 4 heteroatoms. The van der Waals surface area contributed by atoms with E-state index in [1.807, 2.05) is 20.8 Å². The number of rotatable bonds is 4. The minimum absolute atomic E-state index is 0.0242. The van der Waals surface area contributed by atoms with Gasteiger partial charge in [0.2, 0.25) is 11.8 Å². The van der Waals surface area contributed by atoms with Crippen LogP contribution in [0.2, 0.25) is 0 Å². The minimum atomic E-state index is -0.223. The topological polar surface area (TPSA) is 49.4 Å². The molecule has 0 aromatic carbocycles. The van der Waals surface area contributed by atoms with E-state index in [9.17, 15) is 9.59 Å². The lowest BCUT2D eigenvalue weighted by Gasteiger charge is -2.34. The van der Waals surface area contributed by atoms with Crippen molar-refractivity contribution in [2.45, 2.75) is 71.4 Å². The number of nitrogens with one attached hydrogen (secondary N) is 1. The van der Waals surface area contributed by atoms with Gasteiger partial charge in [-0.05, 0) is 33.6 Å². The second kappa shape index (κ2) is 6.21. The zero-order valence-electron chi connectivity index (χ0n) is 12.1. The quantitative estimate of drug-likeness (QED) is 0.835. The number of hydrogen-bond donors (Lipinski definition) is 1. The number of carbonyl (C=O) groups is 2. The second-order valence-electron chi connectivity index (χ2n) is 6.14. The van der Waals surface area contributed by atoms with Gasteiger partial charge < -0.3 is 10.2 Å². The SMILES string of the molecule is CC(=O)N(CCC(=O)NC1CCCC1)C(C)(C)C. The molecule has 0 unspecified atom stereocenters. The molecule has 1 aliphatic carbocycles. The summed E-state index contributed by atoms with van der Waals surface area (Å²) in [5.74, 6) is 0.0913. The van der Waals surface area contributed by atoms with Crippen molar-refractivity contribution in [2.75, 3.05) is 6.54 Å². The largest absolute Gasteiger partial charge is 0.353 e. The van der Waals surface area contributed by atoms with Crippen LogP contribution in [0.1, 0.15) is 59.8 Å². The fourth-order valence-corrected chi connectivity index (χ4v) is 2.55. The van der Waals surface area contributed by atoms with Crippen LogP contribution in [0.25, 0.3) is 0 Å². The zero-order valence-corrected chi connectivity index (χ0v) is 12.1. The molecule has 0 aromatic rings. The van der Waals surface area contributed by atoms with Crippen molar-refractivity contribution in [2.24, 2.45) is 0 Å². The van der Waals surface area contributed by atoms with Crippen molar-refractivity contribution >= 4 is 11.8 Å². The number of hydrogen-bond acceptors (Lipinski definition) is 2. The van der Waals surface area contributed by atoms with Crippen molar-refractivity contribution in [3.8, 4) is 0 Å². The maximum atomic E-state index is 11.8. The first kappa shape index (κ1) is 15.0. The van der Waals surface area contributed by atoms with Crippen LogP contribution in [0.4, 0.5) is 0 Å². The first-order valence-corrected chi connectivity index (χ1v) is 6.88. The van der Waals surface area contributed by atoms with Crippen LogP contribution in [0, 0.1) is 0 Å². The fraction of sp³-hybridized carbons (Fsp3) is 0.857. The van der Waals surface area contributed by atoms with Gasteiger partial charge in [0.1, 0.15) is 0 Å². The average Bonchev–Trinajstić information content (AvgIpc) is 2.67. The van der Waals surface area contributed by atoms with Gasteiger partial charge in [0.05, 0.1) is 0 Å². The molecule has 0 atom stereocenters. The Kier molecular flexibility index (Phi) is 5.17. The minimum Gasteiger partial charge on any atom is -0.353 e. The van der Waals surface area contributed by atoms with Crippen LogP contribution in [0.5, 0.6) is 0 Å². The van der Waals surface area contributed by atoms with Crippen molar-refractivity contribution in [3.05, 3.63) is 0 Å². The van der Waals surface area contributed by atoms with Gasteiger partial charge in [0.15, 0.2) is 0 Å². The molecule has 0 bridgehead atoms. The van der Waals surface area contributed by atoms with E-state index in [0.717, 1.165) is 12.8 Å². The maximum absolute atomic E-state index is 11.8. The molecule has 104 valence electrons. The Labute approximate surface area is 110 Å². The molecule has 4 nitrogen and oxygen atoms in total. The van der Waals surface area contributed by atoms with Gasteiger partial charge in [-0.1, -0.05) is 12.8 Å². The predicted molar refractivity (Wildman–Crippen MR) is 72.2 cm³/mol. The van der Waals surface area contributed by atoms with Crippen LogP contribution in [-0.2, 0) is 9.59 Å². The molecule has 1 N–H and O–H groups in total. The van der Waals surface area contributed by atoms with Gasteiger partial charge in [0, 0.05) is 31.5 Å². The second-order valence-corrected chi connectivity index (χ2v) is 6.14. The van der Waals surface area contributed by atoms with E-state index in [4.69, 9.17) is 0 Å². The summed E-state index contributed by atoms with van der Waals surface area (Å²) in [6.07, 6.45) is 5.02. The zero-order chi connectivity index (χ0) is 13.8. The average molecular weight is 254 g/mol. The molecular formula is C14H26N2O2. The Morgan fingerprint density at radius 1 is 1.22 bits per heavy atom. The molecule has 0 radical (unpaired) electrons. The Hall–Kier alpha value is -1.06. The Balaban J connectivity index is 2.37. The standard InChI is InChI=1S/C14H26N2O2/c1-11(17)16(14(2,3)4)10-9-13(18)15-12-7-5-6-8-12/h12H,5-10H2,1-4H3,(H,15,18). The third kappa shape index (κ3) is 4.67. The molecular weight excluding hydrogens is 228 g/mol. The maximum Gasteiger partial charge on any atom is 0.221 e. The number of nitrogens with zero attached hydrogens (tertiary/aromatic N) is 1. The van der Waals surface area contributed by atoms with Gasteiger partial charge in [-0.3, -0.25) is 9.59 Å². The summed E-state index contributed by atoms with van der Waals surface area (Å²) in [6, 6.07) is 0.359. The monoisotopic (exact) mass is 254 g/mol. The van der Waals surface area contributed by atoms with Crippen LogP contribution in [0.3, 0.4) is 0 Å². The number of carbonyl (C=O) groups excluding carboxylic acids is 2. The van der Waals surface area contributed by atoms with Gasteiger partial charge in [-0.15, -0.1) is 0 Å². The normalized spacial score (nSPS) is 16.7. The first-order valence-electron chi connectivity index (χ1n) is 6.88. The molecule has 0 saturated heterocycles. The molecule has 0 spiro atoms. The molecule has 1 fully saturated rings. The Morgan fingerprint density at radius 3 is 2.22 bits per heavy atom. The van der Waals surface area contributed by atoms with Crippen molar-refractivity contribution in [1.29, 1.82) is 0 Å². The molecule has 2 amide bonds. The molecule has 0 heterocycles. The van der Waals surface area contributed by atoms with Crippen LogP contribution in [-0.4, -0.2) is 34.8 Å².